The zero-order chi connectivity index (χ0) is 30.2. The number of methoxy groups -OCH3 is 2. The van der Waals surface area contributed by atoms with Crippen molar-refractivity contribution < 1.29 is 18.9 Å². The van der Waals surface area contributed by atoms with Crippen molar-refractivity contribution in [1.82, 2.24) is 20.6 Å². The van der Waals surface area contributed by atoms with Crippen molar-refractivity contribution in [3.05, 3.63) is 92.2 Å². The second-order valence-corrected chi connectivity index (χ2v) is 10.5. The molecule has 10 heteroatoms. The van der Waals surface area contributed by atoms with Crippen molar-refractivity contribution in [1.29, 1.82) is 0 Å². The quantitative estimate of drug-likeness (QED) is 0.173. The Kier molecular flexibility index (Phi) is 10.9. The van der Waals surface area contributed by atoms with E-state index in [-0.39, 0.29) is 13.2 Å². The lowest BCUT2D eigenvalue weighted by atomic mass is 9.95. The van der Waals surface area contributed by atoms with Gasteiger partial charge in [0.2, 0.25) is 11.8 Å². The maximum atomic E-state index is 6.53. The fourth-order valence-electron chi connectivity index (χ4n) is 4.70. The Balaban J connectivity index is 1.55. The maximum absolute atomic E-state index is 6.53. The number of pyridine rings is 2. The van der Waals surface area contributed by atoms with E-state index in [4.69, 9.17) is 42.1 Å². The van der Waals surface area contributed by atoms with Crippen LogP contribution in [-0.4, -0.2) is 38.3 Å². The fourth-order valence-corrected chi connectivity index (χ4v) is 5.16. The second-order valence-electron chi connectivity index (χ2n) is 9.67. The van der Waals surface area contributed by atoms with Crippen LogP contribution in [0.3, 0.4) is 0 Å². The highest BCUT2D eigenvalue weighted by Crippen LogP contribution is 2.36. The fraction of sp³-hybridized carbons (Fsp3) is 0.312. The van der Waals surface area contributed by atoms with E-state index < -0.39 is 0 Å². The number of hydrogen-bond donors (Lipinski definition) is 2. The number of benzene rings is 2. The average Bonchev–Trinajstić information content (AvgIpc) is 2.98. The van der Waals surface area contributed by atoms with Gasteiger partial charge in [-0.05, 0) is 74.5 Å². The number of aromatic nitrogens is 2. The molecule has 4 rings (SSSR count). The Labute approximate surface area is 257 Å². The third-order valence-corrected chi connectivity index (χ3v) is 7.54. The van der Waals surface area contributed by atoms with Gasteiger partial charge in [0.25, 0.3) is 0 Å². The lowest BCUT2D eigenvalue weighted by Crippen LogP contribution is -2.10. The van der Waals surface area contributed by atoms with E-state index in [1.165, 1.54) is 0 Å². The minimum atomic E-state index is 0.200. The Morgan fingerprint density at radius 1 is 0.667 bits per heavy atom. The number of ether oxygens (including phenoxy) is 4. The van der Waals surface area contributed by atoms with Crippen LogP contribution in [0.1, 0.15) is 33.6 Å². The molecule has 42 heavy (non-hydrogen) atoms. The first-order chi connectivity index (χ1) is 20.3. The minimum absolute atomic E-state index is 0.200. The molecule has 0 atom stereocenters. The van der Waals surface area contributed by atoms with E-state index in [0.717, 1.165) is 44.9 Å². The SMILES string of the molecule is CNCc1cc(Cl)c(COc2cccc(-c3cccc(OCc4nc(OC)c(CNC)cc4Cl)c3C)c2C)nc1OC. The average molecular weight is 612 g/mol. The number of halogens is 2. The molecule has 2 N–H and O–H groups in total. The molecule has 0 aliphatic rings. The van der Waals surface area contributed by atoms with Gasteiger partial charge in [0.05, 0.1) is 24.3 Å². The van der Waals surface area contributed by atoms with Gasteiger partial charge in [-0.15, -0.1) is 0 Å². The van der Waals surface area contributed by atoms with Crippen LogP contribution in [0.5, 0.6) is 23.3 Å². The van der Waals surface area contributed by atoms with Crippen molar-refractivity contribution in [2.24, 2.45) is 0 Å². The topological polar surface area (TPSA) is 86.8 Å². The monoisotopic (exact) mass is 610 g/mol. The summed E-state index contributed by atoms with van der Waals surface area (Å²) < 4.78 is 23.3. The van der Waals surface area contributed by atoms with Gasteiger partial charge in [-0.1, -0.05) is 47.5 Å². The lowest BCUT2D eigenvalue weighted by molar-refractivity contribution is 0.295. The molecule has 2 heterocycles. The molecule has 0 aliphatic carbocycles. The molecular weight excluding hydrogens is 575 g/mol. The van der Waals surface area contributed by atoms with Crippen LogP contribution in [0, 0.1) is 13.8 Å². The van der Waals surface area contributed by atoms with Crippen LogP contribution in [0.4, 0.5) is 0 Å². The molecular formula is C32H36Cl2N4O4. The summed E-state index contributed by atoms with van der Waals surface area (Å²) in [7, 11) is 6.91. The third kappa shape index (κ3) is 7.07. The van der Waals surface area contributed by atoms with Gasteiger partial charge in [0.15, 0.2) is 0 Å². The lowest BCUT2D eigenvalue weighted by Gasteiger charge is -2.17. The molecule has 8 nitrogen and oxygen atoms in total. The highest BCUT2D eigenvalue weighted by Gasteiger charge is 2.16. The summed E-state index contributed by atoms with van der Waals surface area (Å²) in [5, 5.41) is 7.25. The van der Waals surface area contributed by atoms with E-state index in [1.54, 1.807) is 14.2 Å². The summed E-state index contributed by atoms with van der Waals surface area (Å²) in [4.78, 5) is 9.15. The summed E-state index contributed by atoms with van der Waals surface area (Å²) in [5.74, 6) is 2.52. The zero-order valence-corrected chi connectivity index (χ0v) is 26.2. The predicted molar refractivity (Wildman–Crippen MR) is 167 cm³/mol. The molecule has 222 valence electrons. The highest BCUT2D eigenvalue weighted by molar-refractivity contribution is 6.31. The van der Waals surface area contributed by atoms with Crippen molar-refractivity contribution in [2.75, 3.05) is 28.3 Å². The summed E-state index contributed by atoms with van der Waals surface area (Å²) in [6.07, 6.45) is 0. The Bertz CT molecular complexity index is 1430. The normalized spacial score (nSPS) is 11.0. The molecule has 0 spiro atoms. The predicted octanol–water partition coefficient (Wildman–Crippen LogP) is 6.68. The number of hydrogen-bond acceptors (Lipinski definition) is 8. The Morgan fingerprint density at radius 2 is 1.07 bits per heavy atom. The molecule has 0 unspecified atom stereocenters. The van der Waals surface area contributed by atoms with Crippen molar-refractivity contribution in [3.8, 4) is 34.4 Å². The minimum Gasteiger partial charge on any atom is -0.487 e. The highest BCUT2D eigenvalue weighted by atomic mass is 35.5. The van der Waals surface area contributed by atoms with Gasteiger partial charge in [0.1, 0.15) is 36.1 Å². The molecule has 0 aliphatic heterocycles. The van der Waals surface area contributed by atoms with Gasteiger partial charge < -0.3 is 29.6 Å². The van der Waals surface area contributed by atoms with Gasteiger partial charge in [-0.25, -0.2) is 9.97 Å². The van der Waals surface area contributed by atoms with Crippen LogP contribution in [0.15, 0.2) is 48.5 Å². The zero-order valence-electron chi connectivity index (χ0n) is 24.7. The van der Waals surface area contributed by atoms with Crippen LogP contribution < -0.4 is 29.6 Å². The van der Waals surface area contributed by atoms with Crippen LogP contribution in [0.2, 0.25) is 10.0 Å². The van der Waals surface area contributed by atoms with Gasteiger partial charge in [-0.2, -0.15) is 0 Å². The van der Waals surface area contributed by atoms with E-state index >= 15 is 0 Å². The van der Waals surface area contributed by atoms with Gasteiger partial charge in [0, 0.05) is 24.2 Å². The smallest absolute Gasteiger partial charge is 0.218 e. The number of nitrogens with one attached hydrogen (secondary N) is 2. The van der Waals surface area contributed by atoms with E-state index in [1.807, 2.05) is 64.3 Å². The molecule has 0 saturated heterocycles. The second kappa shape index (κ2) is 14.6. The van der Waals surface area contributed by atoms with Gasteiger partial charge in [-0.3, -0.25) is 0 Å². The van der Waals surface area contributed by atoms with Crippen LogP contribution in [0.25, 0.3) is 11.1 Å². The molecule has 0 amide bonds. The molecule has 0 fully saturated rings. The molecule has 0 radical (unpaired) electrons. The summed E-state index contributed by atoms with van der Waals surface area (Å²) in [5.41, 5.74) is 7.01. The Morgan fingerprint density at radius 3 is 1.43 bits per heavy atom. The van der Waals surface area contributed by atoms with Crippen molar-refractivity contribution in [3.63, 3.8) is 0 Å². The summed E-state index contributed by atoms with van der Waals surface area (Å²) in [6, 6.07) is 15.7. The first-order valence-electron chi connectivity index (χ1n) is 13.5. The molecule has 4 aromatic rings. The first kappa shape index (κ1) is 31.4. The van der Waals surface area contributed by atoms with E-state index in [0.29, 0.717) is 46.3 Å². The maximum Gasteiger partial charge on any atom is 0.218 e. The van der Waals surface area contributed by atoms with Crippen LogP contribution in [-0.2, 0) is 26.3 Å². The number of nitrogens with zero attached hydrogens (tertiary/aromatic N) is 2. The molecule has 0 saturated carbocycles. The summed E-state index contributed by atoms with van der Waals surface area (Å²) in [6.45, 7) is 5.66. The standard InChI is InChI=1S/C32H36Cl2N4O4/c1-19-23(9-7-11-29(19)41-17-27-25(33)13-21(15-35-3)31(37-27)39-5)24-10-8-12-30(20(24)2)42-18-28-26(34)14-22(16-36-4)32(38-28)40-6/h7-14,35-36H,15-18H2,1-6H3. The number of rotatable bonds is 13. The van der Waals surface area contributed by atoms with Crippen molar-refractivity contribution in [2.45, 2.75) is 40.2 Å². The summed E-state index contributed by atoms with van der Waals surface area (Å²) >= 11 is 13.1. The largest absolute Gasteiger partial charge is 0.487 e. The molecule has 2 aromatic heterocycles. The molecule has 2 aromatic carbocycles. The van der Waals surface area contributed by atoms with Crippen molar-refractivity contribution >= 4 is 23.2 Å². The first-order valence-corrected chi connectivity index (χ1v) is 14.3. The van der Waals surface area contributed by atoms with Crippen LogP contribution >= 0.6 is 23.2 Å². The molecule has 0 bridgehead atoms. The van der Waals surface area contributed by atoms with E-state index in [2.05, 4.69) is 32.7 Å². The van der Waals surface area contributed by atoms with Gasteiger partial charge >= 0.3 is 0 Å². The van der Waals surface area contributed by atoms with E-state index in [9.17, 15) is 0 Å². The Hall–Kier alpha value is -3.56. The third-order valence-electron chi connectivity index (χ3n) is 6.88.